The predicted molar refractivity (Wildman–Crippen MR) is 88.4 cm³/mol. The maximum Gasteiger partial charge on any atom is 0.340 e. The van der Waals surface area contributed by atoms with Gasteiger partial charge >= 0.3 is 17.4 Å². The Morgan fingerprint density at radius 1 is 0.750 bits per heavy atom. The number of likely N-dealkylation sites (tertiary alicyclic amines) is 2. The molecule has 12 nitrogen and oxygen atoms in total. The Morgan fingerprint density at radius 2 is 1.04 bits per heavy atom. The zero-order valence-corrected chi connectivity index (χ0v) is 14.8. The summed E-state index contributed by atoms with van der Waals surface area (Å²) in [5.74, 6) is -8.81. The summed E-state index contributed by atoms with van der Waals surface area (Å²) in [5.41, 5.74) is -4.79. The average molecular weight is 400 g/mol. The highest BCUT2D eigenvalue weighted by Gasteiger charge is 2.75. The smallest absolute Gasteiger partial charge is 0.340 e. The number of hydrogen-bond acceptors (Lipinski definition) is 8. The van der Waals surface area contributed by atoms with Gasteiger partial charge in [-0.2, -0.15) is 0 Å². The van der Waals surface area contributed by atoms with Gasteiger partial charge in [-0.15, -0.1) is 0 Å². The Labute approximate surface area is 159 Å². The molecule has 0 atom stereocenters. The second-order valence-electron chi connectivity index (χ2n) is 5.47. The van der Waals surface area contributed by atoms with Gasteiger partial charge in [0.1, 0.15) is 0 Å². The van der Waals surface area contributed by atoms with Gasteiger partial charge in [-0.05, 0) is 0 Å². The van der Waals surface area contributed by atoms with Crippen molar-refractivity contribution in [2.45, 2.75) is 27.7 Å². The number of Topliss-reactive ketones (excluding diaryl/α,β-unsaturated/α-hetero) is 2. The number of aliphatic carboxylic acids is 2. The lowest BCUT2D eigenvalue weighted by Gasteiger charge is -2.46. The first-order chi connectivity index (χ1) is 12.4. The number of carboxylic acids is 2. The normalized spacial score (nSPS) is 20.4. The number of imide groups is 2. The molecule has 2 heterocycles. The van der Waals surface area contributed by atoms with E-state index in [1.165, 1.54) is 7.05 Å². The number of ketones is 2. The quantitative estimate of drug-likeness (QED) is 0.401. The van der Waals surface area contributed by atoms with Gasteiger partial charge in [-0.3, -0.25) is 38.6 Å². The second kappa shape index (κ2) is 7.66. The summed E-state index contributed by atoms with van der Waals surface area (Å²) in [7, 11) is 2.28. The van der Waals surface area contributed by atoms with Crippen LogP contribution >= 0.6 is 0 Å². The summed E-state index contributed by atoms with van der Waals surface area (Å²) in [5, 5.41) is 16.9. The van der Waals surface area contributed by atoms with E-state index in [9.17, 15) is 38.4 Å². The fraction of sp³-hybridized carbons (Fsp3) is 0.500. The number of carbonyl (C=O) groups excluding carboxylic acids is 6. The van der Waals surface area contributed by atoms with Crippen molar-refractivity contribution in [2.24, 2.45) is 10.8 Å². The van der Waals surface area contributed by atoms with Crippen LogP contribution in [-0.2, 0) is 38.4 Å². The van der Waals surface area contributed by atoms with Crippen molar-refractivity contribution in [1.82, 2.24) is 9.80 Å². The van der Waals surface area contributed by atoms with E-state index in [-0.39, 0.29) is 13.8 Å². The molecule has 0 aromatic carbocycles. The Balaban J connectivity index is 0.000000464. The van der Waals surface area contributed by atoms with Gasteiger partial charge in [0, 0.05) is 14.1 Å². The fourth-order valence-corrected chi connectivity index (χ4v) is 2.66. The summed E-state index contributed by atoms with van der Waals surface area (Å²) in [4.78, 5) is 88.0. The molecule has 3 fully saturated rings. The van der Waals surface area contributed by atoms with Crippen LogP contribution in [0, 0.1) is 10.8 Å². The zero-order chi connectivity index (χ0) is 21.5. The molecule has 0 unspecified atom stereocenters. The minimum absolute atomic E-state index is 0. The van der Waals surface area contributed by atoms with E-state index in [1.54, 1.807) is 0 Å². The second-order valence-corrected chi connectivity index (χ2v) is 5.47. The van der Waals surface area contributed by atoms with Crippen LogP contribution in [0.2, 0.25) is 0 Å². The summed E-state index contributed by atoms with van der Waals surface area (Å²) < 4.78 is 0. The molecule has 28 heavy (non-hydrogen) atoms. The lowest BCUT2D eigenvalue weighted by atomic mass is 9.60. The molecular weight excluding hydrogens is 380 g/mol. The Hall–Kier alpha value is -3.44. The monoisotopic (exact) mass is 400 g/mol. The van der Waals surface area contributed by atoms with Gasteiger partial charge in [-0.1, -0.05) is 21.3 Å². The van der Waals surface area contributed by atoms with E-state index >= 15 is 0 Å². The van der Waals surface area contributed by atoms with Crippen molar-refractivity contribution in [3.63, 3.8) is 0 Å². The van der Waals surface area contributed by atoms with E-state index < -0.39 is 58.0 Å². The molecule has 4 amide bonds. The summed E-state index contributed by atoms with van der Waals surface area (Å²) in [6.45, 7) is 4.00. The van der Waals surface area contributed by atoms with Crippen molar-refractivity contribution < 1.29 is 48.6 Å². The number of amides is 4. The molecule has 2 N–H and O–H groups in total. The van der Waals surface area contributed by atoms with Crippen molar-refractivity contribution >= 4 is 47.1 Å². The number of carboxylic acid groups (broad SMARTS) is 2. The molecule has 3 aliphatic rings. The SMILES string of the molecule is C.CC.CN1C(=O)C(C(=O)O)(C(=O)O)C1=O.CN1C(=O)C2(C(=O)CC2=O)C1=O. The Kier molecular flexibility index (Phi) is 6.72. The summed E-state index contributed by atoms with van der Waals surface area (Å²) >= 11 is 0. The van der Waals surface area contributed by atoms with Crippen LogP contribution in [0.4, 0.5) is 0 Å². The third kappa shape index (κ3) is 2.52. The van der Waals surface area contributed by atoms with E-state index in [4.69, 9.17) is 10.2 Å². The first-order valence-corrected chi connectivity index (χ1v) is 7.58. The van der Waals surface area contributed by atoms with Crippen molar-refractivity contribution in [3.8, 4) is 0 Å². The molecule has 1 spiro atoms. The number of rotatable bonds is 2. The summed E-state index contributed by atoms with van der Waals surface area (Å²) in [6.07, 6.45) is -0.273. The van der Waals surface area contributed by atoms with Crippen LogP contribution in [0.1, 0.15) is 27.7 Å². The number of nitrogens with zero attached hydrogens (tertiary/aromatic N) is 2. The predicted octanol–water partition coefficient (Wildman–Crippen LogP) is -1.68. The lowest BCUT2D eigenvalue weighted by molar-refractivity contribution is -0.191. The van der Waals surface area contributed by atoms with Crippen molar-refractivity contribution in [2.75, 3.05) is 14.1 Å². The Morgan fingerprint density at radius 3 is 1.21 bits per heavy atom. The average Bonchev–Trinajstić information content (AvgIpc) is 2.63. The third-order valence-electron chi connectivity index (χ3n) is 4.30. The highest BCUT2D eigenvalue weighted by atomic mass is 16.4. The van der Waals surface area contributed by atoms with Crippen LogP contribution in [0.5, 0.6) is 0 Å². The molecule has 0 aromatic rings. The minimum atomic E-state index is -2.91. The van der Waals surface area contributed by atoms with E-state index in [1.807, 2.05) is 13.8 Å². The molecule has 0 bridgehead atoms. The molecule has 12 heteroatoms. The van der Waals surface area contributed by atoms with E-state index in [0.717, 1.165) is 11.9 Å². The van der Waals surface area contributed by atoms with Gasteiger partial charge in [0.15, 0.2) is 11.6 Å². The van der Waals surface area contributed by atoms with Gasteiger partial charge in [0.05, 0.1) is 6.42 Å². The number of hydrogen-bond donors (Lipinski definition) is 2. The van der Waals surface area contributed by atoms with Gasteiger partial charge in [0.25, 0.3) is 23.6 Å². The van der Waals surface area contributed by atoms with Crippen molar-refractivity contribution in [1.29, 1.82) is 0 Å². The minimum Gasteiger partial charge on any atom is -0.480 e. The van der Waals surface area contributed by atoms with Crippen LogP contribution in [-0.4, -0.2) is 81.2 Å². The van der Waals surface area contributed by atoms with Crippen LogP contribution in [0.25, 0.3) is 0 Å². The number of carbonyl (C=O) groups is 8. The summed E-state index contributed by atoms with van der Waals surface area (Å²) in [6, 6.07) is 0. The standard InChI is InChI=1S/C7H5NO4.C6H5NO6.C2H6.CH4/c1-8-5(11)7(6(8)12)3(9)2-4(7)10;1-7-2(8)6(3(7)9,4(10)11)5(12)13;1-2;/h2H2,1H3;1H3,(H,10,11)(H,12,13);1-2H3;1H4. The fourth-order valence-electron chi connectivity index (χ4n) is 2.66. The maximum atomic E-state index is 11.1. The van der Waals surface area contributed by atoms with Crippen LogP contribution < -0.4 is 0 Å². The first-order valence-electron chi connectivity index (χ1n) is 7.58. The topological polar surface area (TPSA) is 184 Å². The first kappa shape index (κ1) is 24.6. The molecule has 1 aliphatic carbocycles. The van der Waals surface area contributed by atoms with E-state index in [2.05, 4.69) is 0 Å². The van der Waals surface area contributed by atoms with Gasteiger partial charge in [0.2, 0.25) is 5.41 Å². The molecule has 0 aromatic heterocycles. The van der Waals surface area contributed by atoms with Crippen LogP contribution in [0.3, 0.4) is 0 Å². The number of β-lactam (4-membered cyclic amide) rings is 4. The largest absolute Gasteiger partial charge is 0.480 e. The van der Waals surface area contributed by atoms with Crippen LogP contribution in [0.15, 0.2) is 0 Å². The molecule has 154 valence electrons. The molecular formula is C16H20N2O10. The maximum absolute atomic E-state index is 11.1. The van der Waals surface area contributed by atoms with E-state index in [0.29, 0.717) is 4.90 Å². The molecule has 2 saturated heterocycles. The lowest BCUT2D eigenvalue weighted by Crippen LogP contribution is -2.76. The molecule has 0 radical (unpaired) electrons. The van der Waals surface area contributed by atoms with Gasteiger partial charge < -0.3 is 10.2 Å². The molecule has 2 aliphatic heterocycles. The zero-order valence-electron chi connectivity index (χ0n) is 14.8. The highest BCUT2D eigenvalue weighted by Crippen LogP contribution is 2.43. The van der Waals surface area contributed by atoms with Gasteiger partial charge in [-0.25, -0.2) is 9.59 Å². The molecule has 1 saturated carbocycles. The Bertz CT molecular complexity index is 748. The third-order valence-corrected chi connectivity index (χ3v) is 4.30. The highest BCUT2D eigenvalue weighted by molar-refractivity contribution is 6.54. The molecule has 3 rings (SSSR count). The van der Waals surface area contributed by atoms with Crippen molar-refractivity contribution in [3.05, 3.63) is 0 Å².